The van der Waals surface area contributed by atoms with Gasteiger partial charge in [-0.2, -0.15) is 0 Å². The van der Waals surface area contributed by atoms with Crippen LogP contribution in [-0.4, -0.2) is 12.2 Å². The molecule has 3 nitrogen and oxygen atoms in total. The summed E-state index contributed by atoms with van der Waals surface area (Å²) >= 11 is 14.4. The summed E-state index contributed by atoms with van der Waals surface area (Å²) in [5, 5.41) is 6.43. The fourth-order valence-corrected chi connectivity index (χ4v) is 2.44. The third-order valence-electron chi connectivity index (χ3n) is 2.59. The first-order chi connectivity index (χ1) is 9.99. The van der Waals surface area contributed by atoms with Crippen molar-refractivity contribution in [2.24, 2.45) is 0 Å². The fraction of sp³-hybridized carbons (Fsp3) is 0.0714. The third-order valence-corrected chi connectivity index (χ3v) is 3.58. The van der Waals surface area contributed by atoms with Gasteiger partial charge in [0.1, 0.15) is 11.6 Å². The van der Waals surface area contributed by atoms with E-state index < -0.39 is 5.82 Å². The lowest BCUT2D eigenvalue weighted by Crippen LogP contribution is -2.19. The molecule has 2 aromatic carbocycles. The minimum atomic E-state index is -0.402. The van der Waals surface area contributed by atoms with Gasteiger partial charge in [-0.25, -0.2) is 4.39 Å². The van der Waals surface area contributed by atoms with E-state index in [4.69, 9.17) is 28.6 Å². The molecule has 2 rings (SSSR count). The average Bonchev–Trinajstić information content (AvgIpc) is 2.42. The van der Waals surface area contributed by atoms with E-state index in [2.05, 4.69) is 26.6 Å². The smallest absolute Gasteiger partial charge is 0.175 e. The number of hydrogen-bond acceptors (Lipinski definition) is 2. The van der Waals surface area contributed by atoms with Crippen LogP contribution in [0.15, 0.2) is 40.9 Å². The molecular weight excluding hydrogens is 379 g/mol. The molecule has 0 spiro atoms. The molecule has 21 heavy (non-hydrogen) atoms. The van der Waals surface area contributed by atoms with Gasteiger partial charge < -0.3 is 15.4 Å². The normalized spacial score (nSPS) is 10.1. The summed E-state index contributed by atoms with van der Waals surface area (Å²) in [5.41, 5.74) is 0.964. The Morgan fingerprint density at radius 2 is 2.00 bits per heavy atom. The van der Waals surface area contributed by atoms with Crippen molar-refractivity contribution in [3.8, 4) is 5.75 Å². The number of nitrogens with one attached hydrogen (secondary N) is 2. The number of anilines is 2. The van der Waals surface area contributed by atoms with E-state index in [9.17, 15) is 4.39 Å². The van der Waals surface area contributed by atoms with Crippen molar-refractivity contribution < 1.29 is 9.13 Å². The molecule has 0 aliphatic carbocycles. The summed E-state index contributed by atoms with van der Waals surface area (Å²) in [6, 6.07) is 9.82. The first kappa shape index (κ1) is 16.0. The van der Waals surface area contributed by atoms with E-state index in [1.54, 1.807) is 30.3 Å². The van der Waals surface area contributed by atoms with Gasteiger partial charge in [0.05, 0.1) is 17.8 Å². The average molecular weight is 390 g/mol. The van der Waals surface area contributed by atoms with Crippen LogP contribution in [0, 0.1) is 5.82 Å². The molecule has 2 N–H and O–H groups in total. The van der Waals surface area contributed by atoms with Gasteiger partial charge in [-0.1, -0.05) is 27.5 Å². The second-order valence-corrected chi connectivity index (χ2v) is 5.78. The first-order valence-corrected chi connectivity index (χ1v) is 7.44. The predicted molar refractivity (Wildman–Crippen MR) is 91.9 cm³/mol. The van der Waals surface area contributed by atoms with E-state index >= 15 is 0 Å². The second kappa shape index (κ2) is 7.06. The largest absolute Gasteiger partial charge is 0.495 e. The van der Waals surface area contributed by atoms with Crippen LogP contribution in [-0.2, 0) is 0 Å². The molecule has 0 fully saturated rings. The highest BCUT2D eigenvalue weighted by atomic mass is 79.9. The van der Waals surface area contributed by atoms with E-state index in [-0.39, 0.29) is 10.8 Å². The van der Waals surface area contributed by atoms with Gasteiger partial charge in [0.25, 0.3) is 0 Å². The number of rotatable bonds is 3. The fourth-order valence-electron chi connectivity index (χ4n) is 1.62. The lowest BCUT2D eigenvalue weighted by molar-refractivity contribution is 0.415. The van der Waals surface area contributed by atoms with Gasteiger partial charge in [0.2, 0.25) is 0 Å². The standard InChI is InChI=1S/C14H11BrClFN2OS/c1-20-13-5-3-9(7-10(13)16)18-14(21)19-12-4-2-8(15)6-11(12)17/h2-7H,1H3,(H2,18,19,21). The Morgan fingerprint density at radius 1 is 1.24 bits per heavy atom. The third kappa shape index (κ3) is 4.30. The summed E-state index contributed by atoms with van der Waals surface area (Å²) in [5.74, 6) is 0.168. The van der Waals surface area contributed by atoms with Crippen LogP contribution < -0.4 is 15.4 Å². The Balaban J connectivity index is 2.06. The highest BCUT2D eigenvalue weighted by Gasteiger charge is 2.06. The van der Waals surface area contributed by atoms with Crippen molar-refractivity contribution in [1.29, 1.82) is 0 Å². The van der Waals surface area contributed by atoms with Crippen molar-refractivity contribution >= 4 is 56.2 Å². The van der Waals surface area contributed by atoms with Crippen LogP contribution in [0.2, 0.25) is 5.02 Å². The summed E-state index contributed by atoms with van der Waals surface area (Å²) in [7, 11) is 1.54. The minimum Gasteiger partial charge on any atom is -0.495 e. The van der Waals surface area contributed by atoms with Crippen molar-refractivity contribution in [3.63, 3.8) is 0 Å². The molecule has 0 saturated carbocycles. The van der Waals surface area contributed by atoms with Crippen molar-refractivity contribution in [1.82, 2.24) is 0 Å². The summed E-state index contributed by atoms with van der Waals surface area (Å²) in [4.78, 5) is 0. The van der Waals surface area contributed by atoms with E-state index in [1.807, 2.05) is 0 Å². The minimum absolute atomic E-state index is 0.262. The molecular formula is C14H11BrClFN2OS. The summed E-state index contributed by atoms with van der Waals surface area (Å²) in [6.07, 6.45) is 0. The Kier molecular flexibility index (Phi) is 5.39. The molecule has 0 amide bonds. The SMILES string of the molecule is COc1ccc(NC(=S)Nc2ccc(Br)cc2F)cc1Cl. The molecule has 0 saturated heterocycles. The molecule has 0 unspecified atom stereocenters. The molecule has 110 valence electrons. The maximum atomic E-state index is 13.7. The molecule has 7 heteroatoms. The summed E-state index contributed by atoms with van der Waals surface area (Å²) < 4.78 is 19.4. The van der Waals surface area contributed by atoms with Crippen molar-refractivity contribution in [3.05, 3.63) is 51.7 Å². The van der Waals surface area contributed by atoms with Crippen LogP contribution in [0.3, 0.4) is 0 Å². The van der Waals surface area contributed by atoms with Crippen LogP contribution in [0.25, 0.3) is 0 Å². The van der Waals surface area contributed by atoms with Gasteiger partial charge >= 0.3 is 0 Å². The van der Waals surface area contributed by atoms with Crippen LogP contribution >= 0.6 is 39.7 Å². The molecule has 0 radical (unpaired) electrons. The topological polar surface area (TPSA) is 33.3 Å². The predicted octanol–water partition coefficient (Wildman–Crippen LogP) is 5.06. The number of halogens is 3. The highest BCUT2D eigenvalue weighted by molar-refractivity contribution is 9.10. The van der Waals surface area contributed by atoms with Gasteiger partial charge in [-0.15, -0.1) is 0 Å². The van der Waals surface area contributed by atoms with Gasteiger partial charge in [-0.3, -0.25) is 0 Å². The number of hydrogen-bond donors (Lipinski definition) is 2. The number of ether oxygens (including phenoxy) is 1. The van der Waals surface area contributed by atoms with E-state index in [0.717, 1.165) is 0 Å². The highest BCUT2D eigenvalue weighted by Crippen LogP contribution is 2.27. The molecule has 2 aromatic rings. The van der Waals surface area contributed by atoms with E-state index in [0.29, 0.717) is 20.9 Å². The lowest BCUT2D eigenvalue weighted by Gasteiger charge is -2.12. The zero-order valence-corrected chi connectivity index (χ0v) is 14.1. The Labute approximate surface area is 140 Å². The summed E-state index contributed by atoms with van der Waals surface area (Å²) in [6.45, 7) is 0. The molecule has 0 atom stereocenters. The molecule has 0 aliphatic heterocycles. The number of methoxy groups -OCH3 is 1. The Bertz CT molecular complexity index is 684. The first-order valence-electron chi connectivity index (χ1n) is 5.86. The van der Waals surface area contributed by atoms with Crippen LogP contribution in [0.1, 0.15) is 0 Å². The lowest BCUT2D eigenvalue weighted by atomic mass is 10.3. The van der Waals surface area contributed by atoms with Crippen molar-refractivity contribution in [2.45, 2.75) is 0 Å². The molecule has 0 bridgehead atoms. The van der Waals surface area contributed by atoms with Crippen LogP contribution in [0.5, 0.6) is 5.75 Å². The monoisotopic (exact) mass is 388 g/mol. The molecule has 0 aromatic heterocycles. The zero-order valence-electron chi connectivity index (χ0n) is 10.9. The van der Waals surface area contributed by atoms with Gasteiger partial charge in [-0.05, 0) is 48.6 Å². The van der Waals surface area contributed by atoms with Crippen molar-refractivity contribution in [2.75, 3.05) is 17.7 Å². The van der Waals surface area contributed by atoms with E-state index in [1.165, 1.54) is 13.2 Å². The maximum Gasteiger partial charge on any atom is 0.175 e. The van der Waals surface area contributed by atoms with Crippen LogP contribution in [0.4, 0.5) is 15.8 Å². The van der Waals surface area contributed by atoms with Gasteiger partial charge in [0, 0.05) is 10.2 Å². The number of benzene rings is 2. The Morgan fingerprint density at radius 3 is 2.62 bits per heavy atom. The quantitative estimate of drug-likeness (QED) is 0.719. The second-order valence-electron chi connectivity index (χ2n) is 4.05. The Hall–Kier alpha value is -1.37. The van der Waals surface area contributed by atoms with Gasteiger partial charge in [0.15, 0.2) is 5.11 Å². The maximum absolute atomic E-state index is 13.7. The molecule has 0 aliphatic rings. The molecule has 0 heterocycles. The number of thiocarbonyl (C=S) groups is 1. The zero-order chi connectivity index (χ0) is 15.4.